The maximum absolute atomic E-state index is 8.91. The minimum Gasteiger partial charge on any atom is -0.376 e. The average Bonchev–Trinajstić information content (AvgIpc) is 1.31. The Morgan fingerprint density at radius 3 is 1.71 bits per heavy atom. The molecule has 1 radical (unpaired) electrons. The number of aliphatic hydroxyl groups is 1. The minimum atomic E-state index is -0.917. The van der Waals surface area contributed by atoms with Crippen LogP contribution < -0.4 is 0 Å². The Morgan fingerprint density at radius 2 is 1.71 bits per heavy atom. The van der Waals surface area contributed by atoms with E-state index < -0.39 is 5.72 Å². The largest absolute Gasteiger partial charge is 0.376 e. The van der Waals surface area contributed by atoms with Gasteiger partial charge in [-0.2, -0.15) is 0 Å². The molecule has 2 heteroatoms. The zero-order valence-corrected chi connectivity index (χ0v) is 5.10. The smallest absolute Gasteiger partial charge is 0.115 e. The zero-order valence-electron chi connectivity index (χ0n) is 5.10. The molecule has 0 aromatic rings. The molecule has 0 saturated carbocycles. The SMILES string of the molecule is [CH2]C(C)(O)N(C)C. The fourth-order valence-electron chi connectivity index (χ4n) is 0. The number of rotatable bonds is 1. The van der Waals surface area contributed by atoms with Gasteiger partial charge in [0, 0.05) is 0 Å². The molecule has 0 bridgehead atoms. The lowest BCUT2D eigenvalue weighted by molar-refractivity contribution is -0.0232. The Balaban J connectivity index is 3.54. The van der Waals surface area contributed by atoms with Crippen LogP contribution in [0.2, 0.25) is 0 Å². The first kappa shape index (κ1) is 6.92. The normalized spacial score (nSPS) is 12.9. The summed E-state index contributed by atoms with van der Waals surface area (Å²) >= 11 is 0. The Kier molecular flexibility index (Phi) is 1.78. The molecule has 0 aromatic carbocycles. The van der Waals surface area contributed by atoms with Crippen LogP contribution in [-0.4, -0.2) is 29.8 Å². The van der Waals surface area contributed by atoms with E-state index in [1.54, 1.807) is 25.9 Å². The maximum atomic E-state index is 8.91. The lowest BCUT2D eigenvalue weighted by Gasteiger charge is -2.25. The molecule has 0 heterocycles. The highest BCUT2D eigenvalue weighted by molar-refractivity contribution is 4.69. The van der Waals surface area contributed by atoms with Crippen molar-refractivity contribution < 1.29 is 5.11 Å². The third-order valence-corrected chi connectivity index (χ3v) is 0.963. The van der Waals surface area contributed by atoms with Crippen molar-refractivity contribution in [1.29, 1.82) is 0 Å². The zero-order chi connectivity index (χ0) is 6.08. The number of nitrogens with zero attached hydrogens (tertiary/aromatic N) is 1. The molecule has 43 valence electrons. The van der Waals surface area contributed by atoms with Crippen molar-refractivity contribution in [3.63, 3.8) is 0 Å². The first-order valence-corrected chi connectivity index (χ1v) is 2.20. The minimum absolute atomic E-state index is 0.917. The third kappa shape index (κ3) is 2.60. The predicted octanol–water partition coefficient (Wildman–Crippen LogP) is 0.0906. The summed E-state index contributed by atoms with van der Waals surface area (Å²) in [7, 11) is 3.54. The van der Waals surface area contributed by atoms with Crippen molar-refractivity contribution in [3.8, 4) is 0 Å². The Hall–Kier alpha value is -0.0800. The van der Waals surface area contributed by atoms with Gasteiger partial charge in [0.2, 0.25) is 0 Å². The van der Waals surface area contributed by atoms with Gasteiger partial charge in [0.05, 0.1) is 0 Å². The average molecular weight is 102 g/mol. The van der Waals surface area contributed by atoms with Crippen molar-refractivity contribution in [2.75, 3.05) is 14.1 Å². The van der Waals surface area contributed by atoms with Crippen molar-refractivity contribution in [2.24, 2.45) is 0 Å². The van der Waals surface area contributed by atoms with E-state index in [9.17, 15) is 0 Å². The second-order valence-electron chi connectivity index (χ2n) is 2.11. The van der Waals surface area contributed by atoms with Crippen LogP contribution in [0.1, 0.15) is 6.92 Å². The highest BCUT2D eigenvalue weighted by Crippen LogP contribution is 2.00. The van der Waals surface area contributed by atoms with E-state index in [1.807, 2.05) is 0 Å². The molecule has 2 nitrogen and oxygen atoms in total. The van der Waals surface area contributed by atoms with Gasteiger partial charge >= 0.3 is 0 Å². The molecule has 0 fully saturated rings. The number of hydrogen-bond donors (Lipinski definition) is 1. The van der Waals surface area contributed by atoms with Crippen LogP contribution in [0.4, 0.5) is 0 Å². The lowest BCUT2D eigenvalue weighted by Crippen LogP contribution is -2.37. The van der Waals surface area contributed by atoms with Crippen LogP contribution >= 0.6 is 0 Å². The van der Waals surface area contributed by atoms with Gasteiger partial charge in [-0.1, -0.05) is 0 Å². The molecule has 1 unspecified atom stereocenters. The highest BCUT2D eigenvalue weighted by Gasteiger charge is 2.13. The van der Waals surface area contributed by atoms with Gasteiger partial charge in [0.1, 0.15) is 5.72 Å². The molecule has 0 aliphatic heterocycles. The molecule has 0 saturated heterocycles. The Morgan fingerprint density at radius 1 is 1.57 bits per heavy atom. The van der Waals surface area contributed by atoms with E-state index in [0.717, 1.165) is 0 Å². The third-order valence-electron chi connectivity index (χ3n) is 0.963. The fourth-order valence-corrected chi connectivity index (χ4v) is 0. The van der Waals surface area contributed by atoms with Gasteiger partial charge in [-0.15, -0.1) is 0 Å². The quantitative estimate of drug-likeness (QED) is 0.474. The summed E-state index contributed by atoms with van der Waals surface area (Å²) in [4.78, 5) is 1.63. The summed E-state index contributed by atoms with van der Waals surface area (Å²) in [5, 5.41) is 8.91. The van der Waals surface area contributed by atoms with Crippen LogP contribution in [0.25, 0.3) is 0 Å². The molecule has 0 amide bonds. The molecule has 1 atom stereocenters. The first-order valence-electron chi connectivity index (χ1n) is 2.20. The summed E-state index contributed by atoms with van der Waals surface area (Å²) < 4.78 is 0. The topological polar surface area (TPSA) is 23.5 Å². The molecule has 7 heavy (non-hydrogen) atoms. The lowest BCUT2D eigenvalue weighted by atomic mass is 10.3. The van der Waals surface area contributed by atoms with E-state index in [2.05, 4.69) is 6.92 Å². The van der Waals surface area contributed by atoms with E-state index in [-0.39, 0.29) is 0 Å². The second-order valence-corrected chi connectivity index (χ2v) is 2.11. The summed E-state index contributed by atoms with van der Waals surface area (Å²) in [6.07, 6.45) is 0. The fraction of sp³-hybridized carbons (Fsp3) is 0.800. The monoisotopic (exact) mass is 102 g/mol. The van der Waals surface area contributed by atoms with Gasteiger partial charge < -0.3 is 5.11 Å². The standard InChI is InChI=1S/C5H12NO/c1-5(2,7)6(3)4/h7H,1H2,2-4H3. The van der Waals surface area contributed by atoms with Crippen molar-refractivity contribution >= 4 is 0 Å². The molecule has 0 aliphatic carbocycles. The van der Waals surface area contributed by atoms with Crippen LogP contribution in [-0.2, 0) is 0 Å². The summed E-state index contributed by atoms with van der Waals surface area (Å²) in [5.41, 5.74) is -0.917. The van der Waals surface area contributed by atoms with Crippen molar-refractivity contribution in [1.82, 2.24) is 4.90 Å². The van der Waals surface area contributed by atoms with Crippen LogP contribution in [0.15, 0.2) is 0 Å². The molecular formula is C5H12NO. The maximum Gasteiger partial charge on any atom is 0.115 e. The summed E-state index contributed by atoms with van der Waals surface area (Å²) in [6.45, 7) is 5.08. The Bertz CT molecular complexity index is 53.6. The van der Waals surface area contributed by atoms with Crippen molar-refractivity contribution in [2.45, 2.75) is 12.6 Å². The summed E-state index contributed by atoms with van der Waals surface area (Å²) in [6, 6.07) is 0. The number of hydrogen-bond acceptors (Lipinski definition) is 2. The van der Waals surface area contributed by atoms with E-state index >= 15 is 0 Å². The van der Waals surface area contributed by atoms with E-state index in [1.165, 1.54) is 0 Å². The van der Waals surface area contributed by atoms with Gasteiger partial charge in [-0.05, 0) is 27.9 Å². The van der Waals surface area contributed by atoms with Crippen LogP contribution in [0.5, 0.6) is 0 Å². The molecule has 0 aliphatic rings. The van der Waals surface area contributed by atoms with Gasteiger partial charge in [-0.3, -0.25) is 4.90 Å². The Labute approximate surface area is 44.8 Å². The molecular weight excluding hydrogens is 90.1 g/mol. The summed E-state index contributed by atoms with van der Waals surface area (Å²) in [5.74, 6) is 0. The van der Waals surface area contributed by atoms with E-state index in [4.69, 9.17) is 5.11 Å². The second kappa shape index (κ2) is 1.80. The predicted molar refractivity (Wildman–Crippen MR) is 29.7 cm³/mol. The first-order chi connectivity index (χ1) is 2.94. The molecule has 1 N–H and O–H groups in total. The highest BCUT2D eigenvalue weighted by atomic mass is 16.3. The molecule has 0 rings (SSSR count). The van der Waals surface area contributed by atoms with Crippen molar-refractivity contribution in [3.05, 3.63) is 6.92 Å². The van der Waals surface area contributed by atoms with Crippen LogP contribution in [0, 0.1) is 6.92 Å². The van der Waals surface area contributed by atoms with E-state index in [0.29, 0.717) is 0 Å². The molecule has 0 aromatic heterocycles. The van der Waals surface area contributed by atoms with Gasteiger partial charge in [-0.25, -0.2) is 0 Å². The van der Waals surface area contributed by atoms with Gasteiger partial charge in [0.15, 0.2) is 0 Å². The van der Waals surface area contributed by atoms with Crippen LogP contribution in [0.3, 0.4) is 0 Å². The molecule has 0 spiro atoms. The van der Waals surface area contributed by atoms with Gasteiger partial charge in [0.25, 0.3) is 0 Å².